The molecule has 0 saturated carbocycles. The van der Waals surface area contributed by atoms with Gasteiger partial charge in [-0.05, 0) is 49.9 Å². The number of carbonyl (C=O) groups excluding carboxylic acids is 1. The van der Waals surface area contributed by atoms with Gasteiger partial charge in [0.2, 0.25) is 5.91 Å². The minimum atomic E-state index is -0.924. The second-order valence-corrected chi connectivity index (χ2v) is 7.46. The lowest BCUT2D eigenvalue weighted by molar-refractivity contribution is -0.146. The van der Waals surface area contributed by atoms with Crippen molar-refractivity contribution in [1.82, 2.24) is 14.8 Å². The van der Waals surface area contributed by atoms with Crippen LogP contribution in [0.15, 0.2) is 36.4 Å². The van der Waals surface area contributed by atoms with Crippen LogP contribution in [-0.4, -0.2) is 31.7 Å². The van der Waals surface area contributed by atoms with E-state index in [1.807, 2.05) is 36.4 Å². The highest BCUT2D eigenvalue weighted by atomic mass is 16.4. The smallest absolute Gasteiger partial charge is 0.307 e. The van der Waals surface area contributed by atoms with Gasteiger partial charge in [-0.3, -0.25) is 9.59 Å². The van der Waals surface area contributed by atoms with Crippen LogP contribution in [0.5, 0.6) is 0 Å². The fraction of sp³-hybridized carbons (Fsp3) is 0.429. The standard InChI is InChI=1S/C21H24N4O3/c26-20(16-6-3-4-7-17(16)21(27)28)22-15-11-9-14(10-12-15)19-24-23-18-8-2-1-5-13-25(18)19/h3-4,9-12,16-17H,1-2,5-8,13H2,(H,22,26)(H,27,28)/t16-,17-/m0/s1. The fourth-order valence-electron chi connectivity index (χ4n) is 4.01. The number of benzene rings is 1. The number of hydrogen-bond donors (Lipinski definition) is 2. The van der Waals surface area contributed by atoms with Crippen LogP contribution in [0.3, 0.4) is 0 Å². The molecule has 1 aliphatic carbocycles. The third-order valence-electron chi connectivity index (χ3n) is 5.61. The zero-order chi connectivity index (χ0) is 19.5. The Kier molecular flexibility index (Phi) is 5.23. The number of nitrogens with one attached hydrogen (secondary N) is 1. The maximum Gasteiger partial charge on any atom is 0.307 e. The SMILES string of the molecule is O=C(O)[C@H]1CC=CC[C@@H]1C(=O)Nc1ccc(-c2nnc3n2CCCCC3)cc1. The van der Waals surface area contributed by atoms with E-state index >= 15 is 0 Å². The van der Waals surface area contributed by atoms with E-state index in [9.17, 15) is 14.7 Å². The van der Waals surface area contributed by atoms with E-state index in [1.54, 1.807) is 0 Å². The molecular weight excluding hydrogens is 356 g/mol. The summed E-state index contributed by atoms with van der Waals surface area (Å²) in [6.07, 6.45) is 9.01. The van der Waals surface area contributed by atoms with Gasteiger partial charge in [-0.15, -0.1) is 10.2 Å². The molecule has 7 nitrogen and oxygen atoms in total. The lowest BCUT2D eigenvalue weighted by Gasteiger charge is -2.24. The summed E-state index contributed by atoms with van der Waals surface area (Å²) >= 11 is 0. The van der Waals surface area contributed by atoms with E-state index in [1.165, 1.54) is 6.42 Å². The highest BCUT2D eigenvalue weighted by Gasteiger charge is 2.33. The molecule has 28 heavy (non-hydrogen) atoms. The number of aliphatic carboxylic acids is 1. The largest absolute Gasteiger partial charge is 0.481 e. The molecule has 2 N–H and O–H groups in total. The average molecular weight is 380 g/mol. The van der Waals surface area contributed by atoms with Crippen molar-refractivity contribution in [3.05, 3.63) is 42.2 Å². The van der Waals surface area contributed by atoms with Crippen LogP contribution in [0.1, 0.15) is 37.9 Å². The number of nitrogens with zero attached hydrogens (tertiary/aromatic N) is 3. The number of rotatable bonds is 4. The topological polar surface area (TPSA) is 97.1 Å². The van der Waals surface area contributed by atoms with E-state index in [0.29, 0.717) is 18.5 Å². The quantitative estimate of drug-likeness (QED) is 0.794. The summed E-state index contributed by atoms with van der Waals surface area (Å²) in [5.74, 6) is -0.494. The van der Waals surface area contributed by atoms with Crippen molar-refractivity contribution in [2.45, 2.75) is 45.1 Å². The van der Waals surface area contributed by atoms with Gasteiger partial charge in [-0.2, -0.15) is 0 Å². The normalized spacial score (nSPS) is 21.6. The Morgan fingerprint density at radius 3 is 2.50 bits per heavy atom. The van der Waals surface area contributed by atoms with Crippen LogP contribution in [0.25, 0.3) is 11.4 Å². The van der Waals surface area contributed by atoms with Crippen molar-refractivity contribution in [3.8, 4) is 11.4 Å². The highest BCUT2D eigenvalue weighted by Crippen LogP contribution is 2.28. The molecule has 2 heterocycles. The number of amides is 1. The minimum Gasteiger partial charge on any atom is -0.481 e. The van der Waals surface area contributed by atoms with Gasteiger partial charge in [0.1, 0.15) is 5.82 Å². The van der Waals surface area contributed by atoms with Gasteiger partial charge in [0, 0.05) is 24.2 Å². The van der Waals surface area contributed by atoms with Gasteiger partial charge in [0.25, 0.3) is 0 Å². The number of allylic oxidation sites excluding steroid dienone is 2. The van der Waals surface area contributed by atoms with Gasteiger partial charge in [0.15, 0.2) is 5.82 Å². The monoisotopic (exact) mass is 380 g/mol. The van der Waals surface area contributed by atoms with E-state index in [4.69, 9.17) is 0 Å². The molecule has 2 atom stereocenters. The molecule has 1 aliphatic heterocycles. The Morgan fingerprint density at radius 2 is 1.75 bits per heavy atom. The lowest BCUT2D eigenvalue weighted by Crippen LogP contribution is -2.34. The first kappa shape index (κ1) is 18.4. The van der Waals surface area contributed by atoms with Gasteiger partial charge in [-0.1, -0.05) is 18.6 Å². The number of fused-ring (bicyclic) bond motifs is 1. The third-order valence-corrected chi connectivity index (χ3v) is 5.61. The molecule has 0 fully saturated rings. The van der Waals surface area contributed by atoms with Crippen molar-refractivity contribution in [2.75, 3.05) is 5.32 Å². The first-order valence-electron chi connectivity index (χ1n) is 9.84. The van der Waals surface area contributed by atoms with Gasteiger partial charge in [-0.25, -0.2) is 0 Å². The average Bonchev–Trinajstić information content (AvgIpc) is 2.96. The van der Waals surface area contributed by atoms with E-state index in [2.05, 4.69) is 20.1 Å². The molecule has 1 aromatic carbocycles. The highest BCUT2D eigenvalue weighted by molar-refractivity contribution is 5.95. The van der Waals surface area contributed by atoms with Crippen molar-refractivity contribution >= 4 is 17.6 Å². The van der Waals surface area contributed by atoms with Crippen molar-refractivity contribution in [1.29, 1.82) is 0 Å². The summed E-state index contributed by atoms with van der Waals surface area (Å²) in [5, 5.41) is 20.9. The number of carboxylic acids is 1. The number of hydrogen-bond acceptors (Lipinski definition) is 4. The van der Waals surface area contributed by atoms with Crippen LogP contribution in [0, 0.1) is 11.8 Å². The molecule has 1 amide bonds. The van der Waals surface area contributed by atoms with Crippen molar-refractivity contribution < 1.29 is 14.7 Å². The Labute approximate surface area is 163 Å². The molecule has 0 bridgehead atoms. The first-order chi connectivity index (χ1) is 13.6. The summed E-state index contributed by atoms with van der Waals surface area (Å²) < 4.78 is 2.19. The maximum atomic E-state index is 12.6. The van der Waals surface area contributed by atoms with Gasteiger partial charge in [0.05, 0.1) is 11.8 Å². The number of aromatic nitrogens is 3. The second-order valence-electron chi connectivity index (χ2n) is 7.46. The minimum absolute atomic E-state index is 0.249. The molecular formula is C21H24N4O3. The van der Waals surface area contributed by atoms with Crippen LogP contribution >= 0.6 is 0 Å². The first-order valence-corrected chi connectivity index (χ1v) is 9.84. The molecule has 2 aliphatic rings. The zero-order valence-electron chi connectivity index (χ0n) is 15.7. The summed E-state index contributed by atoms with van der Waals surface area (Å²) in [6.45, 7) is 0.932. The summed E-state index contributed by atoms with van der Waals surface area (Å²) in [6, 6.07) is 7.51. The molecule has 2 aromatic rings. The van der Waals surface area contributed by atoms with Crippen LogP contribution in [0.2, 0.25) is 0 Å². The molecule has 0 saturated heterocycles. The second kappa shape index (κ2) is 7.96. The summed E-state index contributed by atoms with van der Waals surface area (Å²) in [7, 11) is 0. The number of aryl methyl sites for hydroxylation is 1. The van der Waals surface area contributed by atoms with Crippen molar-refractivity contribution in [2.24, 2.45) is 11.8 Å². The van der Waals surface area contributed by atoms with E-state index < -0.39 is 17.8 Å². The Balaban J connectivity index is 1.48. The third kappa shape index (κ3) is 3.69. The predicted molar refractivity (Wildman–Crippen MR) is 105 cm³/mol. The summed E-state index contributed by atoms with van der Waals surface area (Å²) in [5.41, 5.74) is 1.62. The molecule has 0 radical (unpaired) electrons. The Hall–Kier alpha value is -2.96. The molecule has 0 spiro atoms. The van der Waals surface area contributed by atoms with Crippen LogP contribution in [-0.2, 0) is 22.6 Å². The van der Waals surface area contributed by atoms with E-state index in [0.717, 1.165) is 43.0 Å². The van der Waals surface area contributed by atoms with Crippen LogP contribution < -0.4 is 5.32 Å². The Morgan fingerprint density at radius 1 is 1.00 bits per heavy atom. The van der Waals surface area contributed by atoms with Crippen molar-refractivity contribution in [3.63, 3.8) is 0 Å². The molecule has 1 aromatic heterocycles. The number of anilines is 1. The molecule has 146 valence electrons. The fourth-order valence-corrected chi connectivity index (χ4v) is 4.01. The molecule has 0 unspecified atom stereocenters. The Bertz CT molecular complexity index is 901. The maximum absolute atomic E-state index is 12.6. The summed E-state index contributed by atoms with van der Waals surface area (Å²) in [4.78, 5) is 24.0. The molecule has 7 heteroatoms. The van der Waals surface area contributed by atoms with Gasteiger partial charge >= 0.3 is 5.97 Å². The predicted octanol–water partition coefficient (Wildman–Crippen LogP) is 3.28. The number of carboxylic acid groups (broad SMARTS) is 1. The van der Waals surface area contributed by atoms with Gasteiger partial charge < -0.3 is 15.0 Å². The van der Waals surface area contributed by atoms with E-state index in [-0.39, 0.29) is 5.91 Å². The number of carbonyl (C=O) groups is 2. The molecule has 4 rings (SSSR count). The lowest BCUT2D eigenvalue weighted by atomic mass is 9.82. The zero-order valence-corrected chi connectivity index (χ0v) is 15.7. The van der Waals surface area contributed by atoms with Crippen LogP contribution in [0.4, 0.5) is 5.69 Å².